The van der Waals surface area contributed by atoms with Gasteiger partial charge in [-0.05, 0) is 25.0 Å². The Morgan fingerprint density at radius 2 is 1.69 bits per heavy atom. The van der Waals surface area contributed by atoms with Crippen molar-refractivity contribution in [3.05, 3.63) is 29.6 Å². The van der Waals surface area contributed by atoms with Crippen molar-refractivity contribution in [2.24, 2.45) is 0 Å². The summed E-state index contributed by atoms with van der Waals surface area (Å²) in [4.78, 5) is 44.1. The number of hydrogen-bond donors (Lipinski definition) is 1. The van der Waals surface area contributed by atoms with E-state index in [9.17, 15) is 14.4 Å². The van der Waals surface area contributed by atoms with Crippen LogP contribution in [0.3, 0.4) is 0 Å². The lowest BCUT2D eigenvalue weighted by molar-refractivity contribution is -0.130. The molecule has 2 aliphatic rings. The summed E-state index contributed by atoms with van der Waals surface area (Å²) >= 11 is 0. The Hall–Kier alpha value is -2.44. The SMILES string of the molecule is CC(=O)N1CCN(C(=O)c2cc(C(=O)NC3CCCCC3)ccn2)CC1. The van der Waals surface area contributed by atoms with E-state index in [1.54, 1.807) is 21.9 Å². The maximum atomic E-state index is 12.7. The summed E-state index contributed by atoms with van der Waals surface area (Å²) < 4.78 is 0. The van der Waals surface area contributed by atoms with Crippen molar-refractivity contribution in [1.29, 1.82) is 0 Å². The van der Waals surface area contributed by atoms with Gasteiger partial charge in [0.05, 0.1) is 0 Å². The molecule has 1 saturated carbocycles. The number of aromatic nitrogens is 1. The van der Waals surface area contributed by atoms with E-state index in [1.165, 1.54) is 19.5 Å². The lowest BCUT2D eigenvalue weighted by Crippen LogP contribution is -2.50. The van der Waals surface area contributed by atoms with Gasteiger partial charge in [0.25, 0.3) is 11.8 Å². The zero-order valence-corrected chi connectivity index (χ0v) is 15.2. The molecule has 26 heavy (non-hydrogen) atoms. The number of rotatable bonds is 3. The van der Waals surface area contributed by atoms with Crippen LogP contribution in [0.15, 0.2) is 18.3 Å². The second kappa shape index (κ2) is 8.29. The molecule has 0 bridgehead atoms. The van der Waals surface area contributed by atoms with Gasteiger partial charge >= 0.3 is 0 Å². The molecule has 1 N–H and O–H groups in total. The van der Waals surface area contributed by atoms with Crippen LogP contribution in [-0.4, -0.2) is 64.7 Å². The van der Waals surface area contributed by atoms with Gasteiger partial charge < -0.3 is 15.1 Å². The Morgan fingerprint density at radius 3 is 2.35 bits per heavy atom. The molecule has 7 heteroatoms. The summed E-state index contributed by atoms with van der Waals surface area (Å²) in [5.74, 6) is -0.313. The van der Waals surface area contributed by atoms with Gasteiger partial charge in [0.1, 0.15) is 5.69 Å². The summed E-state index contributed by atoms with van der Waals surface area (Å²) in [6.07, 6.45) is 7.08. The predicted octanol–water partition coefficient (Wildman–Crippen LogP) is 1.45. The van der Waals surface area contributed by atoms with E-state index in [2.05, 4.69) is 10.3 Å². The highest BCUT2D eigenvalue weighted by Gasteiger charge is 2.25. The van der Waals surface area contributed by atoms with Gasteiger partial charge in [-0.1, -0.05) is 19.3 Å². The first kappa shape index (κ1) is 18.4. The molecule has 2 fully saturated rings. The number of amides is 3. The van der Waals surface area contributed by atoms with Gasteiger partial charge in [0.2, 0.25) is 5.91 Å². The van der Waals surface area contributed by atoms with Crippen LogP contribution in [0.4, 0.5) is 0 Å². The largest absolute Gasteiger partial charge is 0.349 e. The molecule has 2 heterocycles. The maximum absolute atomic E-state index is 12.7. The molecule has 0 atom stereocenters. The topological polar surface area (TPSA) is 82.6 Å². The lowest BCUT2D eigenvalue weighted by atomic mass is 9.95. The molecule has 1 saturated heterocycles. The Balaban J connectivity index is 1.62. The minimum absolute atomic E-state index is 0.0246. The number of carbonyl (C=O) groups excluding carboxylic acids is 3. The third-order valence-electron chi connectivity index (χ3n) is 5.19. The van der Waals surface area contributed by atoms with Gasteiger partial charge in [-0.15, -0.1) is 0 Å². The van der Waals surface area contributed by atoms with Crippen LogP contribution in [-0.2, 0) is 4.79 Å². The summed E-state index contributed by atoms with van der Waals surface area (Å²) in [6.45, 7) is 3.57. The molecule has 0 radical (unpaired) electrons. The van der Waals surface area contributed by atoms with Crippen LogP contribution in [0.1, 0.15) is 59.9 Å². The second-order valence-electron chi connectivity index (χ2n) is 7.04. The second-order valence-corrected chi connectivity index (χ2v) is 7.04. The van der Waals surface area contributed by atoms with Crippen LogP contribution in [0.25, 0.3) is 0 Å². The van der Waals surface area contributed by atoms with E-state index in [4.69, 9.17) is 0 Å². The summed E-state index contributed by atoms with van der Waals surface area (Å²) in [7, 11) is 0. The monoisotopic (exact) mass is 358 g/mol. The van der Waals surface area contributed by atoms with Crippen molar-refractivity contribution >= 4 is 17.7 Å². The van der Waals surface area contributed by atoms with Gasteiger partial charge in [-0.2, -0.15) is 0 Å². The van der Waals surface area contributed by atoms with Gasteiger partial charge in [0.15, 0.2) is 0 Å². The highest BCUT2D eigenvalue weighted by molar-refractivity contribution is 5.98. The van der Waals surface area contributed by atoms with E-state index < -0.39 is 0 Å². The summed E-state index contributed by atoms with van der Waals surface area (Å²) in [6, 6.07) is 3.43. The molecule has 0 unspecified atom stereocenters. The summed E-state index contributed by atoms with van der Waals surface area (Å²) in [5.41, 5.74) is 0.744. The molecule has 1 aliphatic heterocycles. The van der Waals surface area contributed by atoms with Crippen LogP contribution in [0.5, 0.6) is 0 Å². The number of hydrogen-bond acceptors (Lipinski definition) is 4. The Labute approximate surface area is 153 Å². The zero-order valence-electron chi connectivity index (χ0n) is 15.2. The number of carbonyl (C=O) groups is 3. The van der Waals surface area contributed by atoms with Crippen LogP contribution in [0.2, 0.25) is 0 Å². The van der Waals surface area contributed by atoms with Crippen molar-refractivity contribution in [3.63, 3.8) is 0 Å². The van der Waals surface area contributed by atoms with Crippen LogP contribution in [0, 0.1) is 0 Å². The van der Waals surface area contributed by atoms with Gasteiger partial charge in [-0.25, -0.2) is 0 Å². The molecule has 0 spiro atoms. The van der Waals surface area contributed by atoms with Crippen molar-refractivity contribution in [3.8, 4) is 0 Å². The Bertz CT molecular complexity index is 677. The van der Waals surface area contributed by atoms with E-state index in [-0.39, 0.29) is 29.5 Å². The van der Waals surface area contributed by atoms with E-state index in [1.807, 2.05) is 0 Å². The molecular weight excluding hydrogens is 332 g/mol. The third-order valence-corrected chi connectivity index (χ3v) is 5.19. The van der Waals surface area contributed by atoms with Crippen molar-refractivity contribution < 1.29 is 14.4 Å². The Kier molecular flexibility index (Phi) is 5.85. The molecule has 1 aromatic rings. The first-order valence-electron chi connectivity index (χ1n) is 9.36. The first-order chi connectivity index (χ1) is 12.5. The third kappa shape index (κ3) is 4.39. The fourth-order valence-corrected chi connectivity index (χ4v) is 3.59. The zero-order chi connectivity index (χ0) is 18.5. The number of pyridine rings is 1. The number of piperazine rings is 1. The van der Waals surface area contributed by atoms with Crippen molar-refractivity contribution in [2.75, 3.05) is 26.2 Å². The minimum atomic E-state index is -0.194. The number of nitrogens with zero attached hydrogens (tertiary/aromatic N) is 3. The molecule has 0 aromatic carbocycles. The average Bonchev–Trinajstić information content (AvgIpc) is 2.68. The number of nitrogens with one attached hydrogen (secondary N) is 1. The van der Waals surface area contributed by atoms with E-state index >= 15 is 0 Å². The fraction of sp³-hybridized carbons (Fsp3) is 0.579. The quantitative estimate of drug-likeness (QED) is 0.886. The standard InChI is InChI=1S/C19H26N4O3/c1-14(24)22-9-11-23(12-10-22)19(26)17-13-15(7-8-20-17)18(25)21-16-5-3-2-4-6-16/h7-8,13,16H,2-6,9-12H2,1H3,(H,21,25). The van der Waals surface area contributed by atoms with Crippen molar-refractivity contribution in [2.45, 2.75) is 45.1 Å². The highest BCUT2D eigenvalue weighted by Crippen LogP contribution is 2.18. The van der Waals surface area contributed by atoms with Gasteiger partial charge in [0, 0.05) is 50.9 Å². The fourth-order valence-electron chi connectivity index (χ4n) is 3.59. The molecule has 1 aromatic heterocycles. The molecule has 3 rings (SSSR count). The molecule has 7 nitrogen and oxygen atoms in total. The molecule has 140 valence electrons. The minimum Gasteiger partial charge on any atom is -0.349 e. The average molecular weight is 358 g/mol. The summed E-state index contributed by atoms with van der Waals surface area (Å²) in [5, 5.41) is 3.06. The molecular formula is C19H26N4O3. The highest BCUT2D eigenvalue weighted by atomic mass is 16.2. The van der Waals surface area contributed by atoms with E-state index in [0.29, 0.717) is 31.7 Å². The molecule has 1 aliphatic carbocycles. The van der Waals surface area contributed by atoms with Crippen molar-refractivity contribution in [1.82, 2.24) is 20.1 Å². The predicted molar refractivity (Wildman–Crippen MR) is 96.7 cm³/mol. The Morgan fingerprint density at radius 1 is 1.04 bits per heavy atom. The first-order valence-corrected chi connectivity index (χ1v) is 9.36. The maximum Gasteiger partial charge on any atom is 0.272 e. The van der Waals surface area contributed by atoms with E-state index in [0.717, 1.165) is 25.7 Å². The van der Waals surface area contributed by atoms with Crippen LogP contribution < -0.4 is 5.32 Å². The normalized spacial score (nSPS) is 18.5. The van der Waals surface area contributed by atoms with Gasteiger partial charge in [-0.3, -0.25) is 19.4 Å². The van der Waals surface area contributed by atoms with Crippen LogP contribution >= 0.6 is 0 Å². The smallest absolute Gasteiger partial charge is 0.272 e. The molecule has 3 amide bonds. The lowest BCUT2D eigenvalue weighted by Gasteiger charge is -2.34.